The summed E-state index contributed by atoms with van der Waals surface area (Å²) >= 11 is 0. The second-order valence-corrected chi connectivity index (χ2v) is 2.18. The quantitative estimate of drug-likeness (QED) is 0.493. The fourth-order valence-corrected chi connectivity index (χ4v) is 0. The summed E-state index contributed by atoms with van der Waals surface area (Å²) in [5, 5.41) is 0. The fraction of sp³-hybridized carbons (Fsp3) is 1.00. The smallest absolute Gasteiger partial charge is 0.245 e. The van der Waals surface area contributed by atoms with Gasteiger partial charge in [-0.1, -0.05) is 0 Å². The molecule has 6 N–H and O–H groups in total. The summed E-state index contributed by atoms with van der Waals surface area (Å²) in [6, 6.07) is 0. The molecule has 0 aliphatic heterocycles. The molecule has 0 saturated carbocycles. The Morgan fingerprint density at radius 1 is 1.57 bits per heavy atom. The van der Waals surface area contributed by atoms with E-state index in [1.165, 1.54) is 0 Å². The number of quaternary nitrogens is 1. The summed E-state index contributed by atoms with van der Waals surface area (Å²) in [6.45, 7) is 0. The molecule has 0 rings (SSSR count). The van der Waals surface area contributed by atoms with Crippen LogP contribution in [0, 0.1) is 0 Å². The van der Waals surface area contributed by atoms with Crippen LogP contribution in [0.25, 0.3) is 5.73 Å². The summed E-state index contributed by atoms with van der Waals surface area (Å²) < 4.78 is 26.3. The Balaban J connectivity index is 0. The van der Waals surface area contributed by atoms with Crippen LogP contribution >= 0.6 is 0 Å². The van der Waals surface area contributed by atoms with Crippen LogP contribution < -0.4 is 6.15 Å². The number of hydrogen-bond donors (Lipinski definition) is 2. The Morgan fingerprint density at radius 2 is 1.71 bits per heavy atom. The summed E-state index contributed by atoms with van der Waals surface area (Å²) in [4.78, 5) is 0. The Labute approximate surface area is 41.8 Å². The third kappa shape index (κ3) is 10.7. The van der Waals surface area contributed by atoms with Crippen molar-refractivity contribution in [1.29, 1.82) is 0 Å². The second-order valence-electron chi connectivity index (χ2n) is 0.726. The fourth-order valence-electron chi connectivity index (χ4n) is 0. The average molecular weight is 128 g/mol. The highest BCUT2D eigenvalue weighted by Crippen LogP contribution is 1.75. The van der Waals surface area contributed by atoms with Gasteiger partial charge in [-0.05, 0) is 5.88 Å². The largest absolute Gasteiger partial charge is 0.663 e. The van der Waals surface area contributed by atoms with Gasteiger partial charge in [0.15, 0.2) is 0 Å². The van der Waals surface area contributed by atoms with Crippen molar-refractivity contribution in [2.24, 2.45) is 0 Å². The lowest BCUT2D eigenvalue weighted by Crippen LogP contribution is -1.97. The van der Waals surface area contributed by atoms with Gasteiger partial charge in [0.1, 0.15) is 0 Å². The van der Waals surface area contributed by atoms with Crippen molar-refractivity contribution in [3.8, 4) is 0 Å². The molecule has 0 aliphatic carbocycles. The van der Waals surface area contributed by atoms with E-state index in [9.17, 15) is 8.42 Å². The van der Waals surface area contributed by atoms with Crippen LogP contribution in [0.3, 0.4) is 0 Å². The van der Waals surface area contributed by atoms with E-state index < -0.39 is 16.0 Å². The van der Waals surface area contributed by atoms with Crippen LogP contribution in [-0.4, -0.2) is 18.8 Å². The third-order valence-corrected chi connectivity index (χ3v) is 0.547. The Bertz CT molecular complexity index is 115. The van der Waals surface area contributed by atoms with Crippen LogP contribution in [0.1, 0.15) is 0 Å². The molecule has 0 unspecified atom stereocenters. The maximum atomic E-state index is 9.37. The summed E-state index contributed by atoms with van der Waals surface area (Å²) in [5.74, 6) is -0.951. The lowest BCUT2D eigenvalue weighted by atomic mass is 11.6. The van der Waals surface area contributed by atoms with Crippen molar-refractivity contribution in [2.75, 3.05) is 5.88 Å². The molecular formula is CH8N2O3S. The Hall–Kier alpha value is -0.170. The Morgan fingerprint density at radius 3 is 1.71 bits per heavy atom. The van der Waals surface area contributed by atoms with Crippen molar-refractivity contribution in [3.05, 3.63) is 5.73 Å². The number of rotatable bonds is 1. The van der Waals surface area contributed by atoms with Gasteiger partial charge in [-0.2, -0.15) is 0 Å². The summed E-state index contributed by atoms with van der Waals surface area (Å²) in [6.07, 6.45) is 0. The molecule has 0 aromatic carbocycles. The van der Waals surface area contributed by atoms with Gasteiger partial charge in [0.25, 0.3) is 0 Å². The predicted molar refractivity (Wildman–Crippen MR) is 26.7 cm³/mol. The molecular weight excluding hydrogens is 120 g/mol. The normalized spacial score (nSPS) is 10.0. The number of nitrogens with one attached hydrogen (secondary N) is 1. The van der Waals surface area contributed by atoms with E-state index in [-0.39, 0.29) is 6.15 Å². The molecule has 5 nitrogen and oxygen atoms in total. The molecule has 46 valence electrons. The van der Waals surface area contributed by atoms with Gasteiger partial charge in [0, 0.05) is 0 Å². The van der Waals surface area contributed by atoms with E-state index in [0.29, 0.717) is 0 Å². The van der Waals surface area contributed by atoms with E-state index in [2.05, 4.69) is 0 Å². The first-order valence-corrected chi connectivity index (χ1v) is 2.77. The topological polar surface area (TPSA) is 115 Å². The van der Waals surface area contributed by atoms with Gasteiger partial charge < -0.3 is 11.9 Å². The monoisotopic (exact) mass is 128 g/mol. The standard InChI is InChI=1S/CH4NO3S.H3N/c2-1-6(3,4)5;/h2H,1H2,(H,3,4,5);1H3/q-1;/p+1. The minimum atomic E-state index is -4.00. The molecule has 0 fully saturated rings. The van der Waals surface area contributed by atoms with Crippen LogP contribution in [-0.2, 0) is 10.1 Å². The summed E-state index contributed by atoms with van der Waals surface area (Å²) in [7, 11) is -4.00. The highest BCUT2D eigenvalue weighted by Gasteiger charge is 1.87. The molecule has 6 heteroatoms. The van der Waals surface area contributed by atoms with Gasteiger partial charge in [-0.3, -0.25) is 4.55 Å². The van der Waals surface area contributed by atoms with Crippen molar-refractivity contribution in [3.63, 3.8) is 0 Å². The molecule has 0 aromatic heterocycles. The second kappa shape index (κ2) is 2.92. The van der Waals surface area contributed by atoms with Gasteiger partial charge in [0.2, 0.25) is 10.1 Å². The van der Waals surface area contributed by atoms with Crippen molar-refractivity contribution < 1.29 is 13.0 Å². The van der Waals surface area contributed by atoms with E-state index in [4.69, 9.17) is 10.3 Å². The highest BCUT2D eigenvalue weighted by atomic mass is 32.2. The zero-order chi connectivity index (χ0) is 5.21. The molecule has 0 bridgehead atoms. The first kappa shape index (κ1) is 9.95. The van der Waals surface area contributed by atoms with Crippen LogP contribution in [0.4, 0.5) is 0 Å². The van der Waals surface area contributed by atoms with Gasteiger partial charge >= 0.3 is 0 Å². The first-order valence-electron chi connectivity index (χ1n) is 1.16. The third-order valence-electron chi connectivity index (χ3n) is 0.182. The SMILES string of the molecule is [NH-]CS(=O)(=O)O.[NH4+]. The van der Waals surface area contributed by atoms with Gasteiger partial charge in [-0.15, -0.1) is 0 Å². The zero-order valence-electron chi connectivity index (χ0n) is 3.88. The zero-order valence-corrected chi connectivity index (χ0v) is 4.70. The van der Waals surface area contributed by atoms with E-state index in [0.717, 1.165) is 0 Å². The van der Waals surface area contributed by atoms with Crippen molar-refractivity contribution >= 4 is 10.1 Å². The van der Waals surface area contributed by atoms with Crippen LogP contribution in [0.2, 0.25) is 0 Å². The number of hydrogen-bond acceptors (Lipinski definition) is 2. The van der Waals surface area contributed by atoms with Crippen LogP contribution in [0.5, 0.6) is 0 Å². The van der Waals surface area contributed by atoms with E-state index >= 15 is 0 Å². The minimum Gasteiger partial charge on any atom is -0.663 e. The molecule has 0 saturated heterocycles. The summed E-state index contributed by atoms with van der Waals surface area (Å²) in [5.41, 5.74) is 6.02. The molecule has 0 aromatic rings. The molecule has 7 heavy (non-hydrogen) atoms. The van der Waals surface area contributed by atoms with Gasteiger partial charge in [0.05, 0.1) is 0 Å². The lowest BCUT2D eigenvalue weighted by Gasteiger charge is -1.90. The van der Waals surface area contributed by atoms with E-state index in [1.54, 1.807) is 0 Å². The Kier molecular flexibility index (Phi) is 4.14. The first-order chi connectivity index (χ1) is 2.56. The lowest BCUT2D eigenvalue weighted by molar-refractivity contribution is 0.487. The predicted octanol–water partition coefficient (Wildman–Crippen LogP) is 0.260. The van der Waals surface area contributed by atoms with Gasteiger partial charge in [-0.25, -0.2) is 8.42 Å². The molecule has 0 aliphatic rings. The minimum absolute atomic E-state index is 0. The average Bonchev–Trinajstić information content (AvgIpc) is 1.35. The molecule has 0 amide bonds. The van der Waals surface area contributed by atoms with Crippen molar-refractivity contribution in [2.45, 2.75) is 0 Å². The highest BCUT2D eigenvalue weighted by molar-refractivity contribution is 7.85. The molecule has 0 spiro atoms. The molecule has 0 heterocycles. The molecule has 0 radical (unpaired) electrons. The maximum absolute atomic E-state index is 9.37. The molecule has 0 atom stereocenters. The van der Waals surface area contributed by atoms with Crippen molar-refractivity contribution in [1.82, 2.24) is 6.15 Å². The van der Waals surface area contributed by atoms with Crippen LogP contribution in [0.15, 0.2) is 0 Å². The maximum Gasteiger partial charge on any atom is 0.245 e. The van der Waals surface area contributed by atoms with E-state index in [1.807, 2.05) is 0 Å².